The molecule has 0 fully saturated rings. The largest absolute Gasteiger partial charge is 0.484 e. The quantitative estimate of drug-likeness (QED) is 0.544. The summed E-state index contributed by atoms with van der Waals surface area (Å²) in [5, 5.41) is 7.00. The molecule has 0 saturated heterocycles. The zero-order chi connectivity index (χ0) is 21.0. The van der Waals surface area contributed by atoms with Crippen LogP contribution in [0.25, 0.3) is 0 Å². The minimum absolute atomic E-state index is 0.0118. The molecule has 1 heterocycles. The van der Waals surface area contributed by atoms with Gasteiger partial charge in [-0.1, -0.05) is 40.5 Å². The number of aromatic nitrogens is 1. The van der Waals surface area contributed by atoms with Crippen molar-refractivity contribution in [3.05, 3.63) is 81.2 Å². The van der Waals surface area contributed by atoms with Gasteiger partial charge in [0.05, 0.1) is 10.6 Å². The van der Waals surface area contributed by atoms with Gasteiger partial charge in [0.2, 0.25) is 0 Å². The number of hydrogen-bond acceptors (Lipinski definition) is 4. The van der Waals surface area contributed by atoms with Crippen LogP contribution in [0.3, 0.4) is 0 Å². The average Bonchev–Trinajstić information content (AvgIpc) is 3.14. The number of hydrogen-bond donors (Lipinski definition) is 1. The van der Waals surface area contributed by atoms with Gasteiger partial charge in [0, 0.05) is 17.6 Å². The molecule has 2 aromatic carbocycles. The van der Waals surface area contributed by atoms with Crippen molar-refractivity contribution in [2.45, 2.75) is 19.3 Å². The summed E-state index contributed by atoms with van der Waals surface area (Å²) in [7, 11) is 0. The zero-order valence-electron chi connectivity index (χ0n) is 14.6. The number of benzene rings is 2. The lowest BCUT2D eigenvalue weighted by molar-refractivity contribution is -0.137. The molecule has 0 unspecified atom stereocenters. The third-order valence-corrected chi connectivity index (χ3v) is 4.32. The maximum Gasteiger partial charge on any atom is 0.416 e. The fraction of sp³-hybridized carbons (Fsp3) is 0.158. The molecular formula is C19H13Cl2F3N2O3. The van der Waals surface area contributed by atoms with Crippen LogP contribution in [0.4, 0.5) is 13.2 Å². The van der Waals surface area contributed by atoms with E-state index < -0.39 is 17.6 Å². The number of alkyl halides is 3. The second-order valence-corrected chi connectivity index (χ2v) is 6.76. The molecule has 0 bridgehead atoms. The first-order valence-electron chi connectivity index (χ1n) is 8.20. The zero-order valence-corrected chi connectivity index (χ0v) is 16.1. The molecule has 29 heavy (non-hydrogen) atoms. The van der Waals surface area contributed by atoms with Gasteiger partial charge in [0.15, 0.2) is 11.5 Å². The summed E-state index contributed by atoms with van der Waals surface area (Å²) in [6.45, 7) is 0.0244. The number of ether oxygens (including phenoxy) is 1. The maximum atomic E-state index is 12.6. The number of nitrogens with zero attached hydrogens (tertiary/aromatic N) is 1. The van der Waals surface area contributed by atoms with Crippen molar-refractivity contribution in [3.8, 4) is 5.75 Å². The Bertz CT molecular complexity index is 1000. The van der Waals surface area contributed by atoms with Crippen LogP contribution in [0.15, 0.2) is 53.1 Å². The standard InChI is InChI=1S/C19H13Cl2F3N2O3/c20-13-5-6-17(15(21)7-13)28-10-14-8-16(26-29-14)18(27)25-9-11-1-3-12(4-2-11)19(22,23)24/h1-8H,9-10H2,(H,25,27). The monoisotopic (exact) mass is 444 g/mol. The first-order chi connectivity index (χ1) is 13.7. The van der Waals surface area contributed by atoms with Gasteiger partial charge in [0.25, 0.3) is 5.91 Å². The number of halogens is 5. The van der Waals surface area contributed by atoms with Crippen molar-refractivity contribution in [1.29, 1.82) is 0 Å². The van der Waals surface area contributed by atoms with E-state index in [1.807, 2.05) is 0 Å². The molecule has 0 aliphatic heterocycles. The number of nitrogens with one attached hydrogen (secondary N) is 1. The van der Waals surface area contributed by atoms with Gasteiger partial charge in [-0.15, -0.1) is 0 Å². The molecule has 0 aliphatic carbocycles. The first-order valence-corrected chi connectivity index (χ1v) is 8.96. The summed E-state index contributed by atoms with van der Waals surface area (Å²) >= 11 is 11.8. The molecule has 10 heteroatoms. The van der Waals surface area contributed by atoms with Gasteiger partial charge in [-0.3, -0.25) is 4.79 Å². The number of rotatable bonds is 6. The minimum atomic E-state index is -4.41. The molecule has 0 atom stereocenters. The van der Waals surface area contributed by atoms with Crippen LogP contribution in [0.5, 0.6) is 5.75 Å². The van der Waals surface area contributed by atoms with E-state index in [0.717, 1.165) is 12.1 Å². The lowest BCUT2D eigenvalue weighted by Crippen LogP contribution is -2.23. The predicted octanol–water partition coefficient (Wildman–Crippen LogP) is 5.51. The molecular weight excluding hydrogens is 432 g/mol. The van der Waals surface area contributed by atoms with E-state index in [0.29, 0.717) is 21.4 Å². The highest BCUT2D eigenvalue weighted by Crippen LogP contribution is 2.29. The Kier molecular flexibility index (Phi) is 6.34. The highest BCUT2D eigenvalue weighted by molar-refractivity contribution is 6.35. The Labute approximate surface area is 173 Å². The van der Waals surface area contributed by atoms with E-state index in [4.69, 9.17) is 32.5 Å². The summed E-state index contributed by atoms with van der Waals surface area (Å²) in [5.74, 6) is 0.140. The third-order valence-electron chi connectivity index (χ3n) is 3.79. The number of amides is 1. The lowest BCUT2D eigenvalue weighted by Gasteiger charge is -2.08. The fourth-order valence-electron chi connectivity index (χ4n) is 2.31. The van der Waals surface area contributed by atoms with Gasteiger partial charge < -0.3 is 14.6 Å². The summed E-state index contributed by atoms with van der Waals surface area (Å²) < 4.78 is 48.2. The molecule has 152 valence electrons. The van der Waals surface area contributed by atoms with Crippen LogP contribution in [0.2, 0.25) is 10.0 Å². The van der Waals surface area contributed by atoms with Crippen molar-refractivity contribution < 1.29 is 27.2 Å². The Morgan fingerprint density at radius 3 is 2.48 bits per heavy atom. The molecule has 1 aromatic heterocycles. The summed E-state index contributed by atoms with van der Waals surface area (Å²) in [6.07, 6.45) is -4.41. The van der Waals surface area contributed by atoms with Gasteiger partial charge in [-0.05, 0) is 35.9 Å². The van der Waals surface area contributed by atoms with Crippen LogP contribution in [0, 0.1) is 0 Å². The Morgan fingerprint density at radius 2 is 1.83 bits per heavy atom. The topological polar surface area (TPSA) is 64.4 Å². The van der Waals surface area contributed by atoms with Crippen LogP contribution in [0.1, 0.15) is 27.4 Å². The molecule has 1 amide bonds. The van der Waals surface area contributed by atoms with Crippen LogP contribution < -0.4 is 10.1 Å². The molecule has 3 rings (SSSR count). The predicted molar refractivity (Wildman–Crippen MR) is 99.9 cm³/mol. The summed E-state index contributed by atoms with van der Waals surface area (Å²) in [5.41, 5.74) is -0.233. The number of carbonyl (C=O) groups excluding carboxylic acids is 1. The highest BCUT2D eigenvalue weighted by Gasteiger charge is 2.29. The van der Waals surface area contributed by atoms with Crippen LogP contribution in [-0.4, -0.2) is 11.1 Å². The van der Waals surface area contributed by atoms with Crippen molar-refractivity contribution in [2.24, 2.45) is 0 Å². The molecule has 0 radical (unpaired) electrons. The maximum absolute atomic E-state index is 12.6. The first kappa shape index (κ1) is 21.0. The molecule has 3 aromatic rings. The Hall–Kier alpha value is -2.71. The van der Waals surface area contributed by atoms with Crippen molar-refractivity contribution >= 4 is 29.1 Å². The van der Waals surface area contributed by atoms with Crippen molar-refractivity contribution in [2.75, 3.05) is 0 Å². The van der Waals surface area contributed by atoms with E-state index in [-0.39, 0.29) is 24.6 Å². The summed E-state index contributed by atoms with van der Waals surface area (Å²) in [6, 6.07) is 10.6. The number of carbonyl (C=O) groups is 1. The van der Waals surface area contributed by atoms with Gasteiger partial charge in [0.1, 0.15) is 12.4 Å². The minimum Gasteiger partial charge on any atom is -0.484 e. The molecule has 5 nitrogen and oxygen atoms in total. The fourth-order valence-corrected chi connectivity index (χ4v) is 2.78. The van der Waals surface area contributed by atoms with E-state index in [1.165, 1.54) is 24.3 Å². The second-order valence-electron chi connectivity index (χ2n) is 5.92. The lowest BCUT2D eigenvalue weighted by atomic mass is 10.1. The molecule has 0 saturated carbocycles. The molecule has 0 spiro atoms. The highest BCUT2D eigenvalue weighted by atomic mass is 35.5. The Balaban J connectivity index is 1.53. The third kappa shape index (κ3) is 5.65. The van der Waals surface area contributed by atoms with Gasteiger partial charge in [-0.2, -0.15) is 13.2 Å². The van der Waals surface area contributed by atoms with Crippen LogP contribution in [-0.2, 0) is 19.3 Å². The Morgan fingerprint density at radius 1 is 1.10 bits per heavy atom. The average molecular weight is 445 g/mol. The van der Waals surface area contributed by atoms with E-state index >= 15 is 0 Å². The van der Waals surface area contributed by atoms with Gasteiger partial charge >= 0.3 is 6.18 Å². The second kappa shape index (κ2) is 8.75. The van der Waals surface area contributed by atoms with Crippen LogP contribution >= 0.6 is 23.2 Å². The van der Waals surface area contributed by atoms with E-state index in [9.17, 15) is 18.0 Å². The smallest absolute Gasteiger partial charge is 0.416 e. The van der Waals surface area contributed by atoms with Crippen molar-refractivity contribution in [1.82, 2.24) is 10.5 Å². The summed E-state index contributed by atoms with van der Waals surface area (Å²) in [4.78, 5) is 12.1. The van der Waals surface area contributed by atoms with E-state index in [1.54, 1.807) is 12.1 Å². The molecule has 0 aliphatic rings. The normalized spacial score (nSPS) is 11.3. The van der Waals surface area contributed by atoms with Gasteiger partial charge in [-0.25, -0.2) is 0 Å². The van der Waals surface area contributed by atoms with E-state index in [2.05, 4.69) is 10.5 Å². The SMILES string of the molecule is O=C(NCc1ccc(C(F)(F)F)cc1)c1cc(COc2ccc(Cl)cc2Cl)on1. The molecule has 1 N–H and O–H groups in total. The van der Waals surface area contributed by atoms with Crippen molar-refractivity contribution in [3.63, 3.8) is 0 Å².